The molecule has 0 bridgehead atoms. The summed E-state index contributed by atoms with van der Waals surface area (Å²) in [5.41, 5.74) is 0.581. The highest BCUT2D eigenvalue weighted by Gasteiger charge is 2.35. The van der Waals surface area contributed by atoms with Crippen molar-refractivity contribution in [1.82, 2.24) is 5.06 Å². The summed E-state index contributed by atoms with van der Waals surface area (Å²) < 4.78 is 10.4. The van der Waals surface area contributed by atoms with Gasteiger partial charge in [-0.15, -0.1) is 0 Å². The van der Waals surface area contributed by atoms with E-state index < -0.39 is 42.0 Å². The summed E-state index contributed by atoms with van der Waals surface area (Å²) in [5, 5.41) is 0.306. The molecule has 1 fully saturated rings. The van der Waals surface area contributed by atoms with Gasteiger partial charge in [0, 0.05) is 30.6 Å². The number of anilines is 1. The van der Waals surface area contributed by atoms with Crippen molar-refractivity contribution in [3.05, 3.63) is 77.9 Å². The number of hydrogen-bond donors (Lipinski definition) is 0. The molecule has 34 heavy (non-hydrogen) atoms. The fourth-order valence-corrected chi connectivity index (χ4v) is 3.18. The van der Waals surface area contributed by atoms with Gasteiger partial charge in [-0.25, -0.2) is 14.5 Å². The molecule has 172 valence electrons. The number of imide groups is 2. The Morgan fingerprint density at radius 3 is 1.94 bits per heavy atom. The molecule has 0 saturated carbocycles. The Morgan fingerprint density at radius 2 is 1.35 bits per heavy atom. The van der Waals surface area contributed by atoms with E-state index in [1.54, 1.807) is 18.2 Å². The summed E-state index contributed by atoms with van der Waals surface area (Å²) in [6.45, 7) is 0. The molecule has 4 amide bonds. The van der Waals surface area contributed by atoms with Crippen molar-refractivity contribution < 1.29 is 43.1 Å². The largest absolute Gasteiger partial charge is 0.537 e. The van der Waals surface area contributed by atoms with Gasteiger partial charge in [-0.2, -0.15) is 0 Å². The Kier molecular flexibility index (Phi) is 6.17. The van der Waals surface area contributed by atoms with E-state index in [-0.39, 0.29) is 29.7 Å². The number of nitrogens with zero attached hydrogens (tertiary/aromatic N) is 2. The Balaban J connectivity index is 1.47. The first-order valence-electron chi connectivity index (χ1n) is 10.00. The van der Waals surface area contributed by atoms with Gasteiger partial charge in [0.25, 0.3) is 29.9 Å². The summed E-state index contributed by atoms with van der Waals surface area (Å²) in [4.78, 5) is 77.3. The second-order valence-corrected chi connectivity index (χ2v) is 7.08. The number of benzene rings is 2. The topological polar surface area (TPSA) is 137 Å². The number of rotatable bonds is 6. The second kappa shape index (κ2) is 9.36. The Hall–Kier alpha value is -4.80. The number of ether oxygens (including phenoxy) is 2. The van der Waals surface area contributed by atoms with E-state index in [2.05, 4.69) is 4.84 Å². The molecule has 11 heteroatoms. The van der Waals surface area contributed by atoms with Gasteiger partial charge in [-0.3, -0.25) is 24.0 Å². The van der Waals surface area contributed by atoms with Crippen LogP contribution in [-0.4, -0.2) is 40.8 Å². The van der Waals surface area contributed by atoms with Crippen LogP contribution in [0.3, 0.4) is 0 Å². The highest BCUT2D eigenvalue weighted by Crippen LogP contribution is 2.24. The fourth-order valence-electron chi connectivity index (χ4n) is 3.18. The highest BCUT2D eigenvalue weighted by atomic mass is 16.9. The molecule has 2 heterocycles. The lowest BCUT2D eigenvalue weighted by atomic mass is 10.2. The van der Waals surface area contributed by atoms with Gasteiger partial charge in [-0.05, 0) is 24.3 Å². The van der Waals surface area contributed by atoms with Crippen molar-refractivity contribution in [1.29, 1.82) is 0 Å². The molecule has 0 aliphatic carbocycles. The van der Waals surface area contributed by atoms with E-state index in [0.717, 1.165) is 17.1 Å². The maximum atomic E-state index is 12.7. The maximum absolute atomic E-state index is 12.7. The maximum Gasteiger partial charge on any atom is 0.537 e. The Labute approximate surface area is 192 Å². The van der Waals surface area contributed by atoms with Crippen LogP contribution in [0.5, 0.6) is 0 Å². The Bertz CT molecular complexity index is 1170. The number of carbonyl (C=O) groups excluding carboxylic acids is 6. The lowest BCUT2D eigenvalue weighted by Gasteiger charge is -2.20. The summed E-state index contributed by atoms with van der Waals surface area (Å²) in [5.74, 6) is -3.29. The summed E-state index contributed by atoms with van der Waals surface area (Å²) >= 11 is 0. The molecular formula is C23H16N2O9. The minimum Gasteiger partial charge on any atom is -0.417 e. The highest BCUT2D eigenvalue weighted by molar-refractivity contribution is 6.28. The number of esters is 1. The minimum atomic E-state index is -1.56. The van der Waals surface area contributed by atoms with Crippen molar-refractivity contribution in [3.63, 3.8) is 0 Å². The summed E-state index contributed by atoms with van der Waals surface area (Å²) in [7, 11) is 0. The zero-order valence-electron chi connectivity index (χ0n) is 17.4. The third-order valence-corrected chi connectivity index (χ3v) is 4.83. The quantitative estimate of drug-likeness (QED) is 0.358. The average Bonchev–Trinajstić information content (AvgIpc) is 3.34. The van der Waals surface area contributed by atoms with Crippen molar-refractivity contribution in [2.24, 2.45) is 0 Å². The van der Waals surface area contributed by atoms with Gasteiger partial charge < -0.3 is 9.47 Å². The third kappa shape index (κ3) is 4.67. The van der Waals surface area contributed by atoms with E-state index in [1.165, 1.54) is 36.4 Å². The van der Waals surface area contributed by atoms with Gasteiger partial charge >= 0.3 is 12.1 Å². The lowest BCUT2D eigenvalue weighted by molar-refractivity contribution is -0.185. The predicted molar refractivity (Wildman–Crippen MR) is 111 cm³/mol. The molecule has 2 aromatic rings. The van der Waals surface area contributed by atoms with Crippen molar-refractivity contribution in [2.75, 3.05) is 4.90 Å². The molecule has 2 aliphatic rings. The first kappa shape index (κ1) is 22.4. The number of amides is 4. The molecule has 11 nitrogen and oxygen atoms in total. The molecule has 0 N–H and O–H groups in total. The zero-order chi connectivity index (χ0) is 24.2. The van der Waals surface area contributed by atoms with Crippen LogP contribution in [0, 0.1) is 0 Å². The van der Waals surface area contributed by atoms with E-state index >= 15 is 0 Å². The molecule has 0 aromatic heterocycles. The normalized spacial score (nSPS) is 16.1. The van der Waals surface area contributed by atoms with Crippen molar-refractivity contribution in [2.45, 2.75) is 19.1 Å². The molecule has 2 aromatic carbocycles. The van der Waals surface area contributed by atoms with Crippen molar-refractivity contribution >= 4 is 41.4 Å². The van der Waals surface area contributed by atoms with E-state index in [1.807, 2.05) is 0 Å². The molecule has 1 atom stereocenters. The predicted octanol–water partition coefficient (Wildman–Crippen LogP) is 2.19. The van der Waals surface area contributed by atoms with Gasteiger partial charge in [0.1, 0.15) is 0 Å². The SMILES string of the molecule is O=C(OC(OC(=O)c1ccc(N2C(=O)C=CC2=O)cc1)c1ccccc1)ON1C(=O)CCC1=O. The van der Waals surface area contributed by atoms with Crippen LogP contribution >= 0.6 is 0 Å². The van der Waals surface area contributed by atoms with Crippen LogP contribution in [-0.2, 0) is 33.5 Å². The second-order valence-electron chi connectivity index (χ2n) is 7.08. The summed E-state index contributed by atoms with van der Waals surface area (Å²) in [6.07, 6.45) is -0.893. The van der Waals surface area contributed by atoms with E-state index in [9.17, 15) is 28.8 Å². The van der Waals surface area contributed by atoms with Crippen LogP contribution in [0.1, 0.15) is 35.1 Å². The van der Waals surface area contributed by atoms with Crippen LogP contribution in [0.25, 0.3) is 0 Å². The summed E-state index contributed by atoms with van der Waals surface area (Å²) in [6, 6.07) is 13.4. The Morgan fingerprint density at radius 1 is 0.765 bits per heavy atom. The number of hydrogen-bond acceptors (Lipinski definition) is 9. The van der Waals surface area contributed by atoms with Gasteiger partial charge in [-0.1, -0.05) is 35.4 Å². The molecular weight excluding hydrogens is 448 g/mol. The zero-order valence-corrected chi connectivity index (χ0v) is 17.4. The van der Waals surface area contributed by atoms with Crippen molar-refractivity contribution in [3.8, 4) is 0 Å². The van der Waals surface area contributed by atoms with E-state index in [4.69, 9.17) is 9.47 Å². The monoisotopic (exact) mass is 464 g/mol. The first-order valence-corrected chi connectivity index (χ1v) is 10.00. The molecule has 2 aliphatic heterocycles. The van der Waals surface area contributed by atoms with Crippen LogP contribution < -0.4 is 4.90 Å². The third-order valence-electron chi connectivity index (χ3n) is 4.83. The number of carbonyl (C=O) groups is 6. The van der Waals surface area contributed by atoms with Gasteiger partial charge in [0.2, 0.25) is 0 Å². The van der Waals surface area contributed by atoms with Crippen LogP contribution in [0.4, 0.5) is 10.5 Å². The van der Waals surface area contributed by atoms with Gasteiger partial charge in [0.05, 0.1) is 11.3 Å². The fraction of sp³-hybridized carbons (Fsp3) is 0.130. The van der Waals surface area contributed by atoms with E-state index in [0.29, 0.717) is 5.06 Å². The molecule has 1 saturated heterocycles. The molecule has 4 rings (SSSR count). The smallest absolute Gasteiger partial charge is 0.417 e. The lowest BCUT2D eigenvalue weighted by Crippen LogP contribution is -2.33. The van der Waals surface area contributed by atoms with Gasteiger partial charge in [0.15, 0.2) is 0 Å². The minimum absolute atomic E-state index is 0.0404. The number of hydroxylamine groups is 2. The van der Waals surface area contributed by atoms with Crippen LogP contribution in [0.15, 0.2) is 66.7 Å². The standard InChI is InChI=1S/C23H16N2O9/c26-17-10-11-18(27)24(17)16-8-6-14(7-9-16)21(30)32-22(15-4-2-1-3-5-15)33-23(31)34-25-19(28)12-13-20(25)29/h1-11,22H,12-13H2. The average molecular weight is 464 g/mol. The molecule has 0 spiro atoms. The first-order chi connectivity index (χ1) is 16.3. The molecule has 1 unspecified atom stereocenters. The molecule has 0 radical (unpaired) electrons. The van der Waals surface area contributed by atoms with Crippen LogP contribution in [0.2, 0.25) is 0 Å².